The number of hydrogen-bond donors (Lipinski definition) is 2. The first-order valence-corrected chi connectivity index (χ1v) is 5.86. The molecular formula is C13H22N2O. The molecule has 0 aromatic carbocycles. The van der Waals surface area contributed by atoms with Gasteiger partial charge in [0.2, 0.25) is 0 Å². The number of rotatable bonds is 6. The average molecular weight is 222 g/mol. The van der Waals surface area contributed by atoms with Crippen LogP contribution in [-0.4, -0.2) is 22.7 Å². The molecule has 90 valence electrons. The van der Waals surface area contributed by atoms with E-state index in [1.807, 2.05) is 19.1 Å². The van der Waals surface area contributed by atoms with Crippen LogP contribution in [0.5, 0.6) is 0 Å². The minimum atomic E-state index is -0.289. The monoisotopic (exact) mass is 222 g/mol. The van der Waals surface area contributed by atoms with Crippen molar-refractivity contribution >= 4 is 0 Å². The summed E-state index contributed by atoms with van der Waals surface area (Å²) in [4.78, 5) is 3.98. The summed E-state index contributed by atoms with van der Waals surface area (Å²) in [6, 6.07) is 4.00. The van der Waals surface area contributed by atoms with E-state index in [9.17, 15) is 5.11 Å². The summed E-state index contributed by atoms with van der Waals surface area (Å²) < 4.78 is 0. The van der Waals surface area contributed by atoms with E-state index in [0.717, 1.165) is 19.5 Å². The average Bonchev–Trinajstić information content (AvgIpc) is 2.30. The third-order valence-electron chi connectivity index (χ3n) is 3.42. The molecule has 0 radical (unpaired) electrons. The fraction of sp³-hybridized carbons (Fsp3) is 0.615. The molecule has 1 aromatic rings. The Bertz CT molecular complexity index is 300. The van der Waals surface area contributed by atoms with Gasteiger partial charge in [0.25, 0.3) is 0 Å². The van der Waals surface area contributed by atoms with Crippen molar-refractivity contribution < 1.29 is 5.11 Å². The maximum atomic E-state index is 9.72. The van der Waals surface area contributed by atoms with Crippen LogP contribution in [0.1, 0.15) is 32.8 Å². The third kappa shape index (κ3) is 3.58. The predicted molar refractivity (Wildman–Crippen MR) is 66.0 cm³/mol. The van der Waals surface area contributed by atoms with Gasteiger partial charge in [-0.2, -0.15) is 0 Å². The molecule has 3 heteroatoms. The Labute approximate surface area is 97.9 Å². The summed E-state index contributed by atoms with van der Waals surface area (Å²) >= 11 is 0. The highest BCUT2D eigenvalue weighted by Gasteiger charge is 2.27. The maximum Gasteiger partial charge on any atom is 0.0577 e. The smallest absolute Gasteiger partial charge is 0.0577 e. The highest BCUT2D eigenvalue weighted by molar-refractivity contribution is 5.09. The molecule has 1 aromatic heterocycles. The van der Waals surface area contributed by atoms with Gasteiger partial charge in [0, 0.05) is 30.9 Å². The Morgan fingerprint density at radius 2 is 2.06 bits per heavy atom. The van der Waals surface area contributed by atoms with Crippen molar-refractivity contribution in [2.24, 2.45) is 5.41 Å². The molecule has 0 spiro atoms. The van der Waals surface area contributed by atoms with E-state index in [1.54, 1.807) is 12.4 Å². The Hall–Kier alpha value is -0.930. The Kier molecular flexibility index (Phi) is 4.90. The second-order valence-electron chi connectivity index (χ2n) is 4.64. The van der Waals surface area contributed by atoms with E-state index in [4.69, 9.17) is 0 Å². The van der Waals surface area contributed by atoms with E-state index >= 15 is 0 Å². The number of aliphatic hydroxyl groups excluding tert-OH is 1. The molecule has 0 bridgehead atoms. The molecular weight excluding hydrogens is 200 g/mol. The highest BCUT2D eigenvalue weighted by Crippen LogP contribution is 2.24. The number of aliphatic hydroxyl groups is 1. The zero-order valence-corrected chi connectivity index (χ0v) is 10.4. The number of nitrogens with one attached hydrogen (secondary N) is 1. The Morgan fingerprint density at radius 1 is 1.44 bits per heavy atom. The number of hydrogen-bond acceptors (Lipinski definition) is 3. The molecule has 0 fully saturated rings. The quantitative estimate of drug-likeness (QED) is 0.773. The minimum Gasteiger partial charge on any atom is -0.393 e. The lowest BCUT2D eigenvalue weighted by molar-refractivity contribution is 0.0489. The maximum absolute atomic E-state index is 9.72. The zero-order chi connectivity index (χ0) is 12.0. The van der Waals surface area contributed by atoms with Gasteiger partial charge in [-0.05, 0) is 31.0 Å². The highest BCUT2D eigenvalue weighted by atomic mass is 16.3. The zero-order valence-electron chi connectivity index (χ0n) is 10.4. The Morgan fingerprint density at radius 3 is 2.56 bits per heavy atom. The molecule has 2 atom stereocenters. The van der Waals surface area contributed by atoms with E-state index in [0.29, 0.717) is 0 Å². The third-order valence-corrected chi connectivity index (χ3v) is 3.42. The van der Waals surface area contributed by atoms with Crippen molar-refractivity contribution in [3.8, 4) is 0 Å². The van der Waals surface area contributed by atoms with Gasteiger partial charge in [-0.1, -0.05) is 13.8 Å². The molecule has 1 heterocycles. The fourth-order valence-corrected chi connectivity index (χ4v) is 1.56. The van der Waals surface area contributed by atoms with Crippen LogP contribution in [-0.2, 0) is 6.54 Å². The molecule has 1 rings (SSSR count). The van der Waals surface area contributed by atoms with Gasteiger partial charge in [-0.3, -0.25) is 4.98 Å². The molecule has 0 aliphatic heterocycles. The van der Waals surface area contributed by atoms with Crippen molar-refractivity contribution in [2.75, 3.05) is 6.54 Å². The lowest BCUT2D eigenvalue weighted by Gasteiger charge is -2.31. The van der Waals surface area contributed by atoms with Crippen LogP contribution in [0.25, 0.3) is 0 Å². The number of pyridine rings is 1. The number of nitrogens with zero attached hydrogens (tertiary/aromatic N) is 1. The van der Waals surface area contributed by atoms with Crippen molar-refractivity contribution in [2.45, 2.75) is 39.8 Å². The van der Waals surface area contributed by atoms with Crippen LogP contribution in [0.15, 0.2) is 24.5 Å². The van der Waals surface area contributed by atoms with Crippen molar-refractivity contribution in [3.05, 3.63) is 30.1 Å². The van der Waals surface area contributed by atoms with Crippen LogP contribution in [0.2, 0.25) is 0 Å². The summed E-state index contributed by atoms with van der Waals surface area (Å²) in [6.45, 7) is 7.73. The van der Waals surface area contributed by atoms with Crippen molar-refractivity contribution in [3.63, 3.8) is 0 Å². The van der Waals surface area contributed by atoms with Gasteiger partial charge in [0.15, 0.2) is 0 Å². The first-order valence-electron chi connectivity index (χ1n) is 5.86. The van der Waals surface area contributed by atoms with Gasteiger partial charge >= 0.3 is 0 Å². The largest absolute Gasteiger partial charge is 0.393 e. The van der Waals surface area contributed by atoms with Gasteiger partial charge in [-0.15, -0.1) is 0 Å². The first kappa shape index (κ1) is 13.1. The molecule has 0 amide bonds. The summed E-state index contributed by atoms with van der Waals surface area (Å²) in [7, 11) is 0. The van der Waals surface area contributed by atoms with E-state index in [2.05, 4.69) is 24.1 Å². The first-order chi connectivity index (χ1) is 7.58. The molecule has 0 saturated carbocycles. The van der Waals surface area contributed by atoms with Crippen molar-refractivity contribution in [1.82, 2.24) is 10.3 Å². The molecule has 2 N–H and O–H groups in total. The lowest BCUT2D eigenvalue weighted by atomic mass is 9.82. The van der Waals surface area contributed by atoms with Crippen molar-refractivity contribution in [1.29, 1.82) is 0 Å². The van der Waals surface area contributed by atoms with E-state index < -0.39 is 0 Å². The summed E-state index contributed by atoms with van der Waals surface area (Å²) in [5, 5.41) is 13.1. The van der Waals surface area contributed by atoms with Gasteiger partial charge in [0.05, 0.1) is 6.10 Å². The summed E-state index contributed by atoms with van der Waals surface area (Å²) in [5.41, 5.74) is 1.17. The standard InChI is InChI=1S/C13H22N2O/c1-4-13(3,11(2)16)10-15-9-12-5-7-14-8-6-12/h5-8,11,15-16H,4,9-10H2,1-3H3. The summed E-state index contributed by atoms with van der Waals surface area (Å²) in [6.07, 6.45) is 4.27. The van der Waals surface area contributed by atoms with Crippen LogP contribution in [0.4, 0.5) is 0 Å². The second kappa shape index (κ2) is 5.97. The van der Waals surface area contributed by atoms with Crippen LogP contribution in [0, 0.1) is 5.41 Å². The Balaban J connectivity index is 2.40. The lowest BCUT2D eigenvalue weighted by Crippen LogP contribution is -2.39. The predicted octanol–water partition coefficient (Wildman–Crippen LogP) is 1.97. The SMILES string of the molecule is CCC(C)(CNCc1ccncc1)C(C)O. The topological polar surface area (TPSA) is 45.2 Å². The van der Waals surface area contributed by atoms with Gasteiger partial charge in [0.1, 0.15) is 0 Å². The molecule has 16 heavy (non-hydrogen) atoms. The number of aromatic nitrogens is 1. The summed E-state index contributed by atoms with van der Waals surface area (Å²) in [5.74, 6) is 0. The van der Waals surface area contributed by atoms with Gasteiger partial charge in [-0.25, -0.2) is 0 Å². The van der Waals surface area contributed by atoms with Gasteiger partial charge < -0.3 is 10.4 Å². The van der Waals surface area contributed by atoms with Crippen LogP contribution < -0.4 is 5.32 Å². The van der Waals surface area contributed by atoms with E-state index in [1.165, 1.54) is 5.56 Å². The van der Waals surface area contributed by atoms with Crippen LogP contribution >= 0.6 is 0 Å². The molecule has 3 nitrogen and oxygen atoms in total. The molecule has 2 unspecified atom stereocenters. The fourth-order valence-electron chi connectivity index (χ4n) is 1.56. The van der Waals surface area contributed by atoms with E-state index in [-0.39, 0.29) is 11.5 Å². The molecule has 0 aliphatic carbocycles. The molecule has 0 aliphatic rings. The van der Waals surface area contributed by atoms with Crippen LogP contribution in [0.3, 0.4) is 0 Å². The minimum absolute atomic E-state index is 0.0486. The second-order valence-corrected chi connectivity index (χ2v) is 4.64. The molecule has 0 saturated heterocycles. The normalized spacial score (nSPS) is 16.8.